The van der Waals surface area contributed by atoms with Gasteiger partial charge in [0.25, 0.3) is 5.91 Å². The second-order valence-corrected chi connectivity index (χ2v) is 10.6. The van der Waals surface area contributed by atoms with E-state index in [1.807, 2.05) is 61.2 Å². The predicted molar refractivity (Wildman–Crippen MR) is 154 cm³/mol. The molecule has 1 fully saturated rings. The molecule has 1 aliphatic rings. The monoisotopic (exact) mass is 548 g/mol. The second-order valence-electron chi connectivity index (χ2n) is 10.1. The zero-order valence-corrected chi connectivity index (χ0v) is 22.9. The Morgan fingerprint density at radius 1 is 1.10 bits per heavy atom. The summed E-state index contributed by atoms with van der Waals surface area (Å²) in [6, 6.07) is 16.6. The normalized spacial score (nSPS) is 13.9. The van der Waals surface area contributed by atoms with E-state index < -0.39 is 0 Å². The van der Waals surface area contributed by atoms with Gasteiger partial charge >= 0.3 is 0 Å². The summed E-state index contributed by atoms with van der Waals surface area (Å²) in [6.45, 7) is 7.15. The van der Waals surface area contributed by atoms with Crippen molar-refractivity contribution in [2.24, 2.45) is 5.41 Å². The van der Waals surface area contributed by atoms with E-state index in [4.69, 9.17) is 26.8 Å². The van der Waals surface area contributed by atoms with Crippen LogP contribution in [0.15, 0.2) is 66.9 Å². The lowest BCUT2D eigenvalue weighted by atomic mass is 9.95. The molecule has 0 aliphatic carbocycles. The number of benzene rings is 2. The van der Waals surface area contributed by atoms with Crippen LogP contribution in [0.25, 0.3) is 17.2 Å². The third-order valence-corrected chi connectivity index (χ3v) is 6.59. The molecule has 0 spiro atoms. The molecule has 3 aromatic rings. The van der Waals surface area contributed by atoms with Gasteiger partial charge in [-0.1, -0.05) is 43.6 Å². The maximum absolute atomic E-state index is 12.7. The first kappa shape index (κ1) is 28.1. The fraction of sp³-hybridized carbons (Fsp3) is 0.300. The minimum absolute atomic E-state index is 0.0144. The Bertz CT molecular complexity index is 1320. The third kappa shape index (κ3) is 8.05. The molecule has 1 aliphatic heterocycles. The molecular formula is C30H33ClN4O4. The molecule has 0 atom stereocenters. The number of morpholine rings is 1. The summed E-state index contributed by atoms with van der Waals surface area (Å²) in [5.41, 5.74) is 8.56. The average molecular weight is 549 g/mol. The molecule has 0 bridgehead atoms. The number of carbonyl (C=O) groups excluding carboxylic acids is 2. The van der Waals surface area contributed by atoms with Crippen molar-refractivity contribution in [1.29, 1.82) is 0 Å². The topological polar surface area (TPSA) is 107 Å². The summed E-state index contributed by atoms with van der Waals surface area (Å²) in [5, 5.41) is 3.39. The molecular weight excluding hydrogens is 516 g/mol. The van der Waals surface area contributed by atoms with Gasteiger partial charge in [0.1, 0.15) is 11.6 Å². The van der Waals surface area contributed by atoms with E-state index in [0.29, 0.717) is 61.6 Å². The highest BCUT2D eigenvalue weighted by Crippen LogP contribution is 2.32. The fourth-order valence-electron chi connectivity index (χ4n) is 3.95. The maximum atomic E-state index is 12.7. The highest BCUT2D eigenvalue weighted by molar-refractivity contribution is 6.32. The van der Waals surface area contributed by atoms with Crippen LogP contribution in [-0.4, -0.2) is 61.2 Å². The third-order valence-electron chi connectivity index (χ3n) is 6.29. The Labute approximate surface area is 233 Å². The van der Waals surface area contributed by atoms with Gasteiger partial charge in [-0.05, 0) is 59.2 Å². The minimum Gasteiger partial charge on any atom is -0.491 e. The zero-order chi connectivity index (χ0) is 27.8. The standard InChI is InChI=1S/C30H33ClN4O4/c1-30(2,19-34-28(36)12-4-21-3-11-27(32)33-18-21)20-39-26-10-9-24(17-25(26)31)22-5-7-23(8-6-22)29(37)35-13-15-38-16-14-35/h3-12,17-18H,13-16,19-20H2,1-2H3,(H2,32,33)(H,34,36). The lowest BCUT2D eigenvalue weighted by Crippen LogP contribution is -2.40. The first-order valence-electron chi connectivity index (χ1n) is 12.8. The first-order valence-corrected chi connectivity index (χ1v) is 13.2. The van der Waals surface area contributed by atoms with Gasteiger partial charge in [0.15, 0.2) is 0 Å². The van der Waals surface area contributed by atoms with E-state index in [1.165, 1.54) is 6.08 Å². The largest absolute Gasteiger partial charge is 0.491 e. The van der Waals surface area contributed by atoms with Crippen molar-refractivity contribution < 1.29 is 19.1 Å². The molecule has 39 heavy (non-hydrogen) atoms. The molecule has 1 saturated heterocycles. The van der Waals surface area contributed by atoms with Crippen molar-refractivity contribution >= 4 is 35.3 Å². The van der Waals surface area contributed by atoms with Crippen molar-refractivity contribution in [3.8, 4) is 16.9 Å². The SMILES string of the molecule is CC(C)(CNC(=O)C=Cc1ccc(N)nc1)COc1ccc(-c2ccc(C(=O)N3CCOCC3)cc2)cc1Cl. The van der Waals surface area contributed by atoms with Gasteiger partial charge in [-0.25, -0.2) is 4.98 Å². The lowest BCUT2D eigenvalue weighted by molar-refractivity contribution is -0.116. The number of hydrogen-bond donors (Lipinski definition) is 2. The second kappa shape index (κ2) is 12.8. The number of halogens is 1. The predicted octanol–water partition coefficient (Wildman–Crippen LogP) is 4.69. The van der Waals surface area contributed by atoms with Crippen molar-refractivity contribution in [2.75, 3.05) is 45.2 Å². The number of pyridine rings is 1. The number of aromatic nitrogens is 1. The molecule has 9 heteroatoms. The summed E-state index contributed by atoms with van der Waals surface area (Å²) in [6.07, 6.45) is 4.75. The van der Waals surface area contributed by atoms with Crippen LogP contribution < -0.4 is 15.8 Å². The van der Waals surface area contributed by atoms with Gasteiger partial charge in [0.2, 0.25) is 5.91 Å². The molecule has 1 aromatic heterocycles. The van der Waals surface area contributed by atoms with E-state index in [1.54, 1.807) is 24.4 Å². The maximum Gasteiger partial charge on any atom is 0.254 e. The molecule has 0 saturated carbocycles. The van der Waals surface area contributed by atoms with Gasteiger partial charge in [0, 0.05) is 42.9 Å². The number of nitrogens with two attached hydrogens (primary N) is 1. The van der Waals surface area contributed by atoms with Crippen LogP contribution in [0.5, 0.6) is 5.75 Å². The molecule has 2 aromatic carbocycles. The lowest BCUT2D eigenvalue weighted by Gasteiger charge is -2.26. The Morgan fingerprint density at radius 3 is 2.49 bits per heavy atom. The Hall–Kier alpha value is -3.88. The number of nitrogens with zero attached hydrogens (tertiary/aromatic N) is 2. The van der Waals surface area contributed by atoms with Crippen LogP contribution in [0.2, 0.25) is 5.02 Å². The van der Waals surface area contributed by atoms with Crippen LogP contribution in [0.3, 0.4) is 0 Å². The molecule has 204 valence electrons. The number of rotatable bonds is 9. The highest BCUT2D eigenvalue weighted by atomic mass is 35.5. The van der Waals surface area contributed by atoms with E-state index in [-0.39, 0.29) is 17.2 Å². The number of nitrogens with one attached hydrogen (secondary N) is 1. The van der Waals surface area contributed by atoms with Crippen molar-refractivity contribution in [3.05, 3.63) is 83.0 Å². The number of hydrogen-bond acceptors (Lipinski definition) is 6. The van der Waals surface area contributed by atoms with E-state index >= 15 is 0 Å². The summed E-state index contributed by atoms with van der Waals surface area (Å²) in [7, 11) is 0. The number of amides is 2. The smallest absolute Gasteiger partial charge is 0.254 e. The van der Waals surface area contributed by atoms with Crippen molar-refractivity contribution in [1.82, 2.24) is 15.2 Å². The molecule has 4 rings (SSSR count). The van der Waals surface area contributed by atoms with Crippen molar-refractivity contribution in [2.45, 2.75) is 13.8 Å². The minimum atomic E-state index is -0.336. The van der Waals surface area contributed by atoms with Gasteiger partial charge in [-0.3, -0.25) is 9.59 Å². The highest BCUT2D eigenvalue weighted by Gasteiger charge is 2.21. The summed E-state index contributed by atoms with van der Waals surface area (Å²) >= 11 is 6.54. The molecule has 2 amide bonds. The molecule has 8 nitrogen and oxygen atoms in total. The van der Waals surface area contributed by atoms with E-state index in [0.717, 1.165) is 16.7 Å². The number of anilines is 1. The Kier molecular flexibility index (Phi) is 9.22. The zero-order valence-electron chi connectivity index (χ0n) is 22.2. The Balaban J connectivity index is 1.29. The van der Waals surface area contributed by atoms with Gasteiger partial charge < -0.3 is 25.4 Å². The van der Waals surface area contributed by atoms with Crippen LogP contribution in [0.4, 0.5) is 5.82 Å². The number of nitrogen functional groups attached to an aromatic ring is 1. The van der Waals surface area contributed by atoms with Gasteiger partial charge in [-0.2, -0.15) is 0 Å². The van der Waals surface area contributed by atoms with E-state index in [2.05, 4.69) is 10.3 Å². The summed E-state index contributed by atoms with van der Waals surface area (Å²) < 4.78 is 11.3. The number of ether oxygens (including phenoxy) is 2. The quantitative estimate of drug-likeness (QED) is 0.376. The molecule has 0 unspecified atom stereocenters. The number of carbonyl (C=O) groups is 2. The van der Waals surface area contributed by atoms with Gasteiger partial charge in [-0.15, -0.1) is 0 Å². The van der Waals surface area contributed by atoms with Crippen LogP contribution in [-0.2, 0) is 9.53 Å². The first-order chi connectivity index (χ1) is 18.7. The van der Waals surface area contributed by atoms with Crippen LogP contribution in [0.1, 0.15) is 29.8 Å². The summed E-state index contributed by atoms with van der Waals surface area (Å²) in [4.78, 5) is 30.7. The summed E-state index contributed by atoms with van der Waals surface area (Å²) in [5.74, 6) is 0.801. The van der Waals surface area contributed by atoms with Crippen LogP contribution in [0, 0.1) is 5.41 Å². The average Bonchev–Trinajstić information content (AvgIpc) is 2.95. The van der Waals surface area contributed by atoms with Crippen molar-refractivity contribution in [3.63, 3.8) is 0 Å². The van der Waals surface area contributed by atoms with Crippen LogP contribution >= 0.6 is 11.6 Å². The van der Waals surface area contributed by atoms with Gasteiger partial charge in [0.05, 0.1) is 24.8 Å². The van der Waals surface area contributed by atoms with E-state index in [9.17, 15) is 9.59 Å². The fourth-order valence-corrected chi connectivity index (χ4v) is 4.18. The molecule has 2 heterocycles. The Morgan fingerprint density at radius 2 is 1.82 bits per heavy atom. The molecule has 3 N–H and O–H groups in total. The molecule has 0 radical (unpaired) electrons.